The van der Waals surface area contributed by atoms with Crippen LogP contribution in [-0.2, 0) is 0 Å². The lowest BCUT2D eigenvalue weighted by molar-refractivity contribution is 0.304. The van der Waals surface area contributed by atoms with Crippen LogP contribution in [0.2, 0.25) is 0 Å². The summed E-state index contributed by atoms with van der Waals surface area (Å²) in [6.07, 6.45) is 47.8. The first-order chi connectivity index (χ1) is 55.4. The van der Waals surface area contributed by atoms with Crippen LogP contribution in [0.15, 0.2) is 201 Å². The Morgan fingerprint density at radius 1 is 0.214 bits per heavy atom. The lowest BCUT2D eigenvalue weighted by atomic mass is 10.0. The van der Waals surface area contributed by atoms with E-state index in [1.807, 2.05) is 164 Å². The minimum absolute atomic E-state index is 0.591. The molecule has 0 aliphatic heterocycles. The molecule has 0 N–H and O–H groups in total. The molecule has 6 nitrogen and oxygen atoms in total. The number of benzene rings is 6. The van der Waals surface area contributed by atoms with Crippen molar-refractivity contribution < 1.29 is 14.2 Å². The molecule has 9 rings (SSSR count). The van der Waals surface area contributed by atoms with Crippen LogP contribution in [0.3, 0.4) is 0 Å². The van der Waals surface area contributed by atoms with Crippen molar-refractivity contribution in [1.29, 1.82) is 0 Å². The number of ether oxygens (including phenoxy) is 3. The second kappa shape index (κ2) is 52.3. The maximum Gasteiger partial charge on any atom is 0.142 e. The van der Waals surface area contributed by atoms with Gasteiger partial charge in [0.2, 0.25) is 0 Å². The van der Waals surface area contributed by atoms with Crippen molar-refractivity contribution in [2.75, 3.05) is 19.8 Å². The van der Waals surface area contributed by atoms with Crippen LogP contribution in [0, 0.1) is 112 Å². The van der Waals surface area contributed by atoms with Crippen LogP contribution in [0.1, 0.15) is 297 Å². The molecule has 0 saturated carbocycles. The van der Waals surface area contributed by atoms with Gasteiger partial charge in [-0.05, 0) is 183 Å². The van der Waals surface area contributed by atoms with E-state index in [4.69, 9.17) is 14.2 Å². The number of aromatic nitrogens is 3. The van der Waals surface area contributed by atoms with E-state index in [2.05, 4.69) is 142 Å². The van der Waals surface area contributed by atoms with Gasteiger partial charge in [-0.25, -0.2) is 0 Å². The minimum atomic E-state index is -0.735. The highest BCUT2D eigenvalue weighted by Gasteiger charge is 2.08. The van der Waals surface area contributed by atoms with E-state index in [1.165, 1.54) is 154 Å². The first-order valence-corrected chi connectivity index (χ1v) is 41.4. The van der Waals surface area contributed by atoms with Crippen molar-refractivity contribution in [3.8, 4) is 124 Å². The van der Waals surface area contributed by atoms with Gasteiger partial charge in [-0.3, -0.25) is 15.0 Å². The van der Waals surface area contributed by atoms with E-state index in [9.17, 15) is 0 Å². The van der Waals surface area contributed by atoms with Gasteiger partial charge in [0.1, 0.15) is 23.2 Å². The van der Waals surface area contributed by atoms with Gasteiger partial charge in [0.15, 0.2) is 0 Å². The van der Waals surface area contributed by atoms with Crippen LogP contribution in [0.5, 0.6) is 17.2 Å². The summed E-state index contributed by atoms with van der Waals surface area (Å²) < 4.78 is 19.7. The standard InChI is InChI=1S/C106H109N3O3/c1-4-7-10-13-16-19-22-25-28-31-73-110-104-79-98(64-55-91-46-40-88(41-47-91)52-61-95-37-34-70-107-85-95)76-101(82-104)67-58-94(59-68-102-77-99(80-105(83-102)111-74-32-29-26-23-20-17-14-11-8-5-2)65-56-92-48-42-89(43-49-92)53-62-96-38-35-71-108-86-96)60-69-103-78-100(81-106(84-103)112-75-33-30-27-24-21-18-15-12-9-6-3)66-57-93-50-44-90(45-51-93)54-63-97-39-36-72-109-87-97/h34-51,70-72,76-87,94H,4-33,73-75H2,1-3H3. The van der Waals surface area contributed by atoms with Crippen molar-refractivity contribution in [2.45, 2.75) is 213 Å². The highest BCUT2D eigenvalue weighted by molar-refractivity contribution is 5.58. The third kappa shape index (κ3) is 35.3. The molecule has 3 aromatic heterocycles. The van der Waals surface area contributed by atoms with E-state index < -0.39 is 5.92 Å². The third-order valence-electron chi connectivity index (χ3n) is 18.8. The van der Waals surface area contributed by atoms with Gasteiger partial charge in [-0.15, -0.1) is 0 Å². The molecule has 0 aliphatic carbocycles. The summed E-state index contributed by atoms with van der Waals surface area (Å²) in [5.41, 5.74) is 12.4. The summed E-state index contributed by atoms with van der Waals surface area (Å²) in [6, 6.07) is 53.7. The molecule has 0 radical (unpaired) electrons. The van der Waals surface area contributed by atoms with Crippen molar-refractivity contribution in [3.63, 3.8) is 0 Å². The average Bonchev–Trinajstić information content (AvgIpc) is 0.860. The molecule has 3 heterocycles. The molecule has 6 aromatic carbocycles. The molecule has 566 valence electrons. The van der Waals surface area contributed by atoms with Crippen molar-refractivity contribution in [2.24, 2.45) is 5.92 Å². The summed E-state index contributed by atoms with van der Waals surface area (Å²) >= 11 is 0. The van der Waals surface area contributed by atoms with Crippen LogP contribution in [0.4, 0.5) is 0 Å². The Morgan fingerprint density at radius 3 is 0.625 bits per heavy atom. The molecule has 0 atom stereocenters. The fourth-order valence-electron chi connectivity index (χ4n) is 12.5. The fraction of sp³-hybridized carbons (Fsp3) is 0.349. The Labute approximate surface area is 672 Å². The highest BCUT2D eigenvalue weighted by Crippen LogP contribution is 2.23. The highest BCUT2D eigenvalue weighted by atomic mass is 16.5. The van der Waals surface area contributed by atoms with Crippen molar-refractivity contribution >= 4 is 0 Å². The number of pyridine rings is 3. The van der Waals surface area contributed by atoms with Crippen LogP contribution >= 0.6 is 0 Å². The van der Waals surface area contributed by atoms with E-state index in [0.717, 1.165) is 122 Å². The number of hydrogen-bond acceptors (Lipinski definition) is 6. The summed E-state index contributed by atoms with van der Waals surface area (Å²) in [6.45, 7) is 8.59. The lowest BCUT2D eigenvalue weighted by Gasteiger charge is -2.08. The Balaban J connectivity index is 1.06. The van der Waals surface area contributed by atoms with Crippen molar-refractivity contribution in [3.05, 3.63) is 284 Å². The van der Waals surface area contributed by atoms with Gasteiger partial charge < -0.3 is 14.2 Å². The van der Waals surface area contributed by atoms with E-state index in [1.54, 1.807) is 37.2 Å². The first-order valence-electron chi connectivity index (χ1n) is 41.4. The van der Waals surface area contributed by atoms with E-state index in [0.29, 0.717) is 37.1 Å². The second-order valence-electron chi connectivity index (χ2n) is 28.5. The zero-order chi connectivity index (χ0) is 77.6. The lowest BCUT2D eigenvalue weighted by Crippen LogP contribution is -1.99. The summed E-state index contributed by atoms with van der Waals surface area (Å²) in [5, 5.41) is 0. The fourth-order valence-corrected chi connectivity index (χ4v) is 12.5. The molecule has 0 aliphatic rings. The number of hydrogen-bond donors (Lipinski definition) is 0. The maximum atomic E-state index is 6.58. The Hall–Kier alpha value is -11.8. The van der Waals surface area contributed by atoms with Crippen molar-refractivity contribution in [1.82, 2.24) is 15.0 Å². The summed E-state index contributed by atoms with van der Waals surface area (Å²) in [5.74, 6) is 62.5. The normalized spacial score (nSPS) is 10.2. The predicted octanol–water partition coefficient (Wildman–Crippen LogP) is 24.2. The largest absolute Gasteiger partial charge is 0.494 e. The monoisotopic (exact) mass is 1470 g/mol. The number of unbranched alkanes of at least 4 members (excludes halogenated alkanes) is 27. The quantitative estimate of drug-likeness (QED) is 0.0288. The topological polar surface area (TPSA) is 66.4 Å². The molecular formula is C106H109N3O3. The average molecular weight is 1470 g/mol. The smallest absolute Gasteiger partial charge is 0.142 e. The predicted molar refractivity (Wildman–Crippen MR) is 463 cm³/mol. The molecule has 6 heteroatoms. The zero-order valence-corrected chi connectivity index (χ0v) is 66.5. The molecule has 0 unspecified atom stereocenters. The van der Waals surface area contributed by atoms with Gasteiger partial charge >= 0.3 is 0 Å². The van der Waals surface area contributed by atoms with Gasteiger partial charge in [0.05, 0.1) is 19.8 Å². The number of nitrogens with zero attached hydrogens (tertiary/aromatic N) is 3. The Kier molecular flexibility index (Phi) is 39.4. The maximum absolute atomic E-state index is 6.58. The Bertz CT molecular complexity index is 4410. The van der Waals surface area contributed by atoms with Crippen LogP contribution < -0.4 is 14.2 Å². The second-order valence-corrected chi connectivity index (χ2v) is 28.5. The third-order valence-corrected chi connectivity index (χ3v) is 18.8. The zero-order valence-electron chi connectivity index (χ0n) is 66.5. The molecule has 0 saturated heterocycles. The molecule has 0 spiro atoms. The van der Waals surface area contributed by atoms with Gasteiger partial charge in [-0.2, -0.15) is 0 Å². The van der Waals surface area contributed by atoms with Gasteiger partial charge in [-0.1, -0.05) is 301 Å². The molecular weight excluding hydrogens is 1360 g/mol. The summed E-state index contributed by atoms with van der Waals surface area (Å²) in [7, 11) is 0. The Morgan fingerprint density at radius 2 is 0.411 bits per heavy atom. The molecule has 112 heavy (non-hydrogen) atoms. The number of rotatable bonds is 36. The van der Waals surface area contributed by atoms with Gasteiger partial charge in [0, 0.05) is 121 Å². The molecule has 9 aromatic rings. The summed E-state index contributed by atoms with van der Waals surface area (Å²) in [4.78, 5) is 12.6. The first kappa shape index (κ1) is 84.2. The minimum Gasteiger partial charge on any atom is -0.494 e. The van der Waals surface area contributed by atoms with Crippen LogP contribution in [-0.4, -0.2) is 34.8 Å². The molecule has 0 bridgehead atoms. The SMILES string of the molecule is CCCCCCCCCCCCOc1cc(C#Cc2ccc(C#Cc3cccnc3)cc2)cc(C#CC(C#Cc2cc(C#Cc3ccc(C#Cc4cccnc4)cc3)cc(OCCCCCCCCCCCC)c2)C#Cc2cc(C#Cc3ccc(C#Cc4cccnc4)cc3)cc(OCCCCCCCCCCCC)c2)c1. The molecule has 0 amide bonds. The van der Waals surface area contributed by atoms with Crippen LogP contribution in [0.25, 0.3) is 0 Å². The molecule has 0 fully saturated rings. The van der Waals surface area contributed by atoms with Gasteiger partial charge in [0.25, 0.3) is 0 Å². The van der Waals surface area contributed by atoms with E-state index >= 15 is 0 Å². The van der Waals surface area contributed by atoms with E-state index in [-0.39, 0.29) is 0 Å².